The quantitative estimate of drug-likeness (QED) is 0.740. The van der Waals surface area contributed by atoms with Crippen molar-refractivity contribution in [2.45, 2.75) is 38.6 Å². The van der Waals surface area contributed by atoms with Gasteiger partial charge in [0.25, 0.3) is 5.91 Å². The molecule has 1 aliphatic rings. The topological polar surface area (TPSA) is 99.8 Å². The Bertz CT molecular complexity index is 709. The lowest BCUT2D eigenvalue weighted by Gasteiger charge is -2.34. The van der Waals surface area contributed by atoms with Crippen LogP contribution in [-0.2, 0) is 4.79 Å². The molecular weight excluding hydrogens is 330 g/mol. The molecule has 0 spiro atoms. The van der Waals surface area contributed by atoms with E-state index in [0.29, 0.717) is 17.5 Å². The standard InChI is InChI=1S/C19H25N5O2/c1-13(25)21-12-14-5-7-15(8-6-14)18(16-4-2-3-10-20-16)23-19(26)17-9-11-22-24-17/h2-4,9-11,14-15,18H,5-8,12H2,1H3,(H,21,25)(H,22,24)(H,23,26)/t14?,15?,18-/m1/s1. The van der Waals surface area contributed by atoms with Gasteiger partial charge in [0.15, 0.2) is 0 Å². The highest BCUT2D eigenvalue weighted by Gasteiger charge is 2.31. The normalized spacial score (nSPS) is 21.0. The number of aromatic nitrogens is 3. The van der Waals surface area contributed by atoms with Gasteiger partial charge in [-0.15, -0.1) is 0 Å². The molecule has 3 rings (SSSR count). The zero-order chi connectivity index (χ0) is 18.4. The molecule has 0 radical (unpaired) electrons. The largest absolute Gasteiger partial charge is 0.356 e. The van der Waals surface area contributed by atoms with Crippen LogP contribution in [0.3, 0.4) is 0 Å². The number of nitrogens with zero attached hydrogens (tertiary/aromatic N) is 2. The summed E-state index contributed by atoms with van der Waals surface area (Å²) in [5.74, 6) is 0.678. The predicted molar refractivity (Wildman–Crippen MR) is 97.2 cm³/mol. The number of carbonyl (C=O) groups excluding carboxylic acids is 2. The maximum atomic E-state index is 12.5. The summed E-state index contributed by atoms with van der Waals surface area (Å²) < 4.78 is 0. The molecule has 0 aliphatic heterocycles. The van der Waals surface area contributed by atoms with Crippen LogP contribution in [0.4, 0.5) is 0 Å². The second-order valence-electron chi connectivity index (χ2n) is 6.89. The summed E-state index contributed by atoms with van der Waals surface area (Å²) in [5, 5.41) is 12.6. The van der Waals surface area contributed by atoms with E-state index in [0.717, 1.165) is 37.9 Å². The number of rotatable bonds is 6. The molecular formula is C19H25N5O2. The molecule has 1 atom stereocenters. The SMILES string of the molecule is CC(=O)NCC1CCC([C@@H](NC(=O)c2ccn[nH]2)c2ccccn2)CC1. The molecule has 138 valence electrons. The van der Waals surface area contributed by atoms with Crippen molar-refractivity contribution in [1.29, 1.82) is 0 Å². The van der Waals surface area contributed by atoms with Crippen molar-refractivity contribution in [1.82, 2.24) is 25.8 Å². The van der Waals surface area contributed by atoms with E-state index in [2.05, 4.69) is 25.8 Å². The van der Waals surface area contributed by atoms with Crippen molar-refractivity contribution < 1.29 is 9.59 Å². The molecule has 0 unspecified atom stereocenters. The average Bonchev–Trinajstić information content (AvgIpc) is 3.20. The summed E-state index contributed by atoms with van der Waals surface area (Å²) in [6.45, 7) is 2.28. The first-order chi connectivity index (χ1) is 12.6. The molecule has 1 saturated carbocycles. The van der Waals surface area contributed by atoms with Crippen LogP contribution in [0, 0.1) is 11.8 Å². The summed E-state index contributed by atoms with van der Waals surface area (Å²) in [7, 11) is 0. The van der Waals surface area contributed by atoms with E-state index in [4.69, 9.17) is 0 Å². The monoisotopic (exact) mass is 355 g/mol. The molecule has 1 fully saturated rings. The first kappa shape index (κ1) is 18.1. The predicted octanol–water partition coefficient (Wildman–Crippen LogP) is 2.22. The van der Waals surface area contributed by atoms with Crippen molar-refractivity contribution in [2.24, 2.45) is 11.8 Å². The summed E-state index contributed by atoms with van der Waals surface area (Å²) in [5.41, 5.74) is 1.33. The molecule has 3 N–H and O–H groups in total. The van der Waals surface area contributed by atoms with Crippen LogP contribution in [0.15, 0.2) is 36.7 Å². The number of aromatic amines is 1. The lowest BCUT2D eigenvalue weighted by Crippen LogP contribution is -2.37. The highest BCUT2D eigenvalue weighted by molar-refractivity contribution is 5.92. The van der Waals surface area contributed by atoms with E-state index in [1.807, 2.05) is 18.2 Å². The lowest BCUT2D eigenvalue weighted by molar-refractivity contribution is -0.119. The summed E-state index contributed by atoms with van der Waals surface area (Å²) >= 11 is 0. The number of nitrogens with one attached hydrogen (secondary N) is 3. The number of amides is 2. The van der Waals surface area contributed by atoms with Gasteiger partial charge in [-0.05, 0) is 55.7 Å². The van der Waals surface area contributed by atoms with Gasteiger partial charge in [0.2, 0.25) is 5.91 Å². The first-order valence-electron chi connectivity index (χ1n) is 9.09. The van der Waals surface area contributed by atoms with Crippen molar-refractivity contribution in [3.8, 4) is 0 Å². The Morgan fingerprint density at radius 1 is 1.19 bits per heavy atom. The molecule has 7 nitrogen and oxygen atoms in total. The Balaban J connectivity index is 1.67. The fraction of sp³-hybridized carbons (Fsp3) is 0.474. The first-order valence-corrected chi connectivity index (χ1v) is 9.09. The molecule has 2 amide bonds. The van der Waals surface area contributed by atoms with Crippen LogP contribution < -0.4 is 10.6 Å². The van der Waals surface area contributed by atoms with Crippen LogP contribution >= 0.6 is 0 Å². The van der Waals surface area contributed by atoms with Gasteiger partial charge in [-0.25, -0.2) is 0 Å². The van der Waals surface area contributed by atoms with E-state index < -0.39 is 0 Å². The van der Waals surface area contributed by atoms with Gasteiger partial charge in [0, 0.05) is 25.9 Å². The number of pyridine rings is 1. The minimum Gasteiger partial charge on any atom is -0.356 e. The Labute approximate surface area is 153 Å². The van der Waals surface area contributed by atoms with E-state index in [-0.39, 0.29) is 17.9 Å². The fourth-order valence-corrected chi connectivity index (χ4v) is 3.61. The van der Waals surface area contributed by atoms with Crippen molar-refractivity contribution >= 4 is 11.8 Å². The van der Waals surface area contributed by atoms with E-state index >= 15 is 0 Å². The maximum Gasteiger partial charge on any atom is 0.269 e. The van der Waals surface area contributed by atoms with Crippen molar-refractivity contribution in [2.75, 3.05) is 6.54 Å². The minimum absolute atomic E-state index is 0.0188. The van der Waals surface area contributed by atoms with Gasteiger partial charge in [0.1, 0.15) is 5.69 Å². The smallest absolute Gasteiger partial charge is 0.269 e. The van der Waals surface area contributed by atoms with Gasteiger partial charge >= 0.3 is 0 Å². The zero-order valence-electron chi connectivity index (χ0n) is 14.9. The molecule has 2 heterocycles. The molecule has 7 heteroatoms. The van der Waals surface area contributed by atoms with E-state index in [9.17, 15) is 9.59 Å². The van der Waals surface area contributed by atoms with E-state index in [1.54, 1.807) is 25.4 Å². The van der Waals surface area contributed by atoms with Gasteiger partial charge in [-0.3, -0.25) is 19.7 Å². The maximum absolute atomic E-state index is 12.5. The molecule has 26 heavy (non-hydrogen) atoms. The lowest BCUT2D eigenvalue weighted by atomic mass is 9.77. The highest BCUT2D eigenvalue weighted by Crippen LogP contribution is 2.36. The van der Waals surface area contributed by atoms with E-state index in [1.165, 1.54) is 0 Å². The number of hydrogen-bond donors (Lipinski definition) is 3. The Hall–Kier alpha value is -2.70. The molecule has 2 aromatic heterocycles. The van der Waals surface area contributed by atoms with Crippen LogP contribution in [0.1, 0.15) is 54.8 Å². The molecule has 1 aliphatic carbocycles. The third-order valence-electron chi connectivity index (χ3n) is 5.04. The van der Waals surface area contributed by atoms with Crippen molar-refractivity contribution in [3.05, 3.63) is 48.0 Å². The Kier molecular flexibility index (Phi) is 5.99. The summed E-state index contributed by atoms with van der Waals surface area (Å²) in [6, 6.07) is 7.31. The minimum atomic E-state index is -0.168. The van der Waals surface area contributed by atoms with Crippen LogP contribution in [0.25, 0.3) is 0 Å². The van der Waals surface area contributed by atoms with Crippen LogP contribution in [0.5, 0.6) is 0 Å². The number of carbonyl (C=O) groups is 2. The third kappa shape index (κ3) is 4.68. The van der Waals surface area contributed by atoms with Crippen LogP contribution in [0.2, 0.25) is 0 Å². The number of H-pyrrole nitrogens is 1. The van der Waals surface area contributed by atoms with Gasteiger partial charge < -0.3 is 10.6 Å². The fourth-order valence-electron chi connectivity index (χ4n) is 3.61. The van der Waals surface area contributed by atoms with Gasteiger partial charge in [-0.1, -0.05) is 6.07 Å². The zero-order valence-corrected chi connectivity index (χ0v) is 14.9. The molecule has 0 saturated heterocycles. The molecule has 2 aromatic rings. The Morgan fingerprint density at radius 2 is 2.00 bits per heavy atom. The summed E-state index contributed by atoms with van der Waals surface area (Å²) in [4.78, 5) is 28.1. The average molecular weight is 355 g/mol. The second-order valence-corrected chi connectivity index (χ2v) is 6.89. The van der Waals surface area contributed by atoms with Gasteiger partial charge in [0.05, 0.1) is 11.7 Å². The highest BCUT2D eigenvalue weighted by atomic mass is 16.2. The third-order valence-corrected chi connectivity index (χ3v) is 5.04. The molecule has 0 aromatic carbocycles. The second kappa shape index (κ2) is 8.60. The van der Waals surface area contributed by atoms with Crippen LogP contribution in [-0.4, -0.2) is 33.5 Å². The van der Waals surface area contributed by atoms with Crippen molar-refractivity contribution in [3.63, 3.8) is 0 Å². The number of hydrogen-bond acceptors (Lipinski definition) is 4. The molecule has 0 bridgehead atoms. The summed E-state index contributed by atoms with van der Waals surface area (Å²) in [6.07, 6.45) is 7.39. The Morgan fingerprint density at radius 3 is 2.62 bits per heavy atom. The van der Waals surface area contributed by atoms with Gasteiger partial charge in [-0.2, -0.15) is 5.10 Å².